The first-order valence-corrected chi connectivity index (χ1v) is 4.56. The van der Waals surface area contributed by atoms with Crippen LogP contribution in [0.3, 0.4) is 0 Å². The van der Waals surface area contributed by atoms with Crippen molar-refractivity contribution in [3.05, 3.63) is 6.20 Å². The zero-order valence-corrected chi connectivity index (χ0v) is 8.39. The third-order valence-electron chi connectivity index (χ3n) is 1.41. The Morgan fingerprint density at radius 2 is 2.46 bits per heavy atom. The second kappa shape index (κ2) is 4.08. The van der Waals surface area contributed by atoms with Gasteiger partial charge in [-0.25, -0.2) is 4.98 Å². The summed E-state index contributed by atoms with van der Waals surface area (Å²) >= 11 is 1.33. The van der Waals surface area contributed by atoms with Crippen LogP contribution in [0.15, 0.2) is 6.20 Å². The summed E-state index contributed by atoms with van der Waals surface area (Å²) in [7, 11) is 3.42. The standard InChI is InChI=1S/C7H12N4OS/c1-11(2)6(12)4-10-7-9-3-5(8)13-7/h3H,4,8H2,1-2H3,(H,9,10). The van der Waals surface area contributed by atoms with E-state index in [2.05, 4.69) is 10.3 Å². The van der Waals surface area contributed by atoms with Crippen molar-refractivity contribution in [1.82, 2.24) is 9.88 Å². The van der Waals surface area contributed by atoms with Gasteiger partial charge in [-0.2, -0.15) is 0 Å². The fourth-order valence-electron chi connectivity index (χ4n) is 0.678. The van der Waals surface area contributed by atoms with Gasteiger partial charge in [0.15, 0.2) is 5.13 Å². The lowest BCUT2D eigenvalue weighted by Gasteiger charge is -2.09. The van der Waals surface area contributed by atoms with Crippen LogP contribution in [0.25, 0.3) is 0 Å². The number of nitrogen functional groups attached to an aromatic ring is 1. The van der Waals surface area contributed by atoms with Gasteiger partial charge < -0.3 is 16.0 Å². The average molecular weight is 200 g/mol. The van der Waals surface area contributed by atoms with Crippen molar-refractivity contribution in [3.63, 3.8) is 0 Å². The second-order valence-electron chi connectivity index (χ2n) is 2.71. The Morgan fingerprint density at radius 1 is 1.77 bits per heavy atom. The largest absolute Gasteiger partial charge is 0.389 e. The summed E-state index contributed by atoms with van der Waals surface area (Å²) in [6.45, 7) is 0.250. The first kappa shape index (κ1) is 9.79. The van der Waals surface area contributed by atoms with Crippen LogP contribution in [0.1, 0.15) is 0 Å². The molecule has 0 aliphatic heterocycles. The van der Waals surface area contributed by atoms with E-state index >= 15 is 0 Å². The molecule has 0 unspecified atom stereocenters. The smallest absolute Gasteiger partial charge is 0.241 e. The number of hydrogen-bond donors (Lipinski definition) is 2. The van der Waals surface area contributed by atoms with E-state index in [0.29, 0.717) is 10.1 Å². The molecule has 0 aliphatic rings. The number of hydrogen-bond acceptors (Lipinski definition) is 5. The van der Waals surface area contributed by atoms with Crippen molar-refractivity contribution in [1.29, 1.82) is 0 Å². The Morgan fingerprint density at radius 3 is 2.92 bits per heavy atom. The summed E-state index contributed by atoms with van der Waals surface area (Å²) in [5, 5.41) is 4.20. The van der Waals surface area contributed by atoms with Gasteiger partial charge in [0.1, 0.15) is 5.00 Å². The number of thiazole rings is 1. The monoisotopic (exact) mass is 200 g/mol. The summed E-state index contributed by atoms with van der Waals surface area (Å²) in [5.74, 6) is 0.00812. The van der Waals surface area contributed by atoms with Crippen LogP contribution in [0.2, 0.25) is 0 Å². The number of nitrogens with one attached hydrogen (secondary N) is 1. The van der Waals surface area contributed by atoms with Gasteiger partial charge in [-0.1, -0.05) is 11.3 Å². The van der Waals surface area contributed by atoms with E-state index in [1.807, 2.05) is 0 Å². The molecule has 0 saturated heterocycles. The molecule has 0 bridgehead atoms. The minimum absolute atomic E-state index is 0.00812. The normalized spacial score (nSPS) is 9.69. The van der Waals surface area contributed by atoms with Crippen molar-refractivity contribution in [2.75, 3.05) is 31.7 Å². The maximum atomic E-state index is 11.1. The van der Waals surface area contributed by atoms with Crippen molar-refractivity contribution < 1.29 is 4.79 Å². The van der Waals surface area contributed by atoms with Crippen molar-refractivity contribution >= 4 is 27.4 Å². The molecule has 1 aromatic rings. The Hall–Kier alpha value is -1.30. The zero-order chi connectivity index (χ0) is 9.84. The van der Waals surface area contributed by atoms with Crippen molar-refractivity contribution in [3.8, 4) is 0 Å². The molecule has 0 fully saturated rings. The molecule has 0 atom stereocenters. The zero-order valence-electron chi connectivity index (χ0n) is 7.57. The molecule has 1 rings (SSSR count). The lowest BCUT2D eigenvalue weighted by molar-refractivity contribution is -0.126. The number of aromatic nitrogens is 1. The summed E-state index contributed by atoms with van der Waals surface area (Å²) in [4.78, 5) is 16.6. The average Bonchev–Trinajstić information content (AvgIpc) is 2.47. The highest BCUT2D eigenvalue weighted by Crippen LogP contribution is 2.18. The van der Waals surface area contributed by atoms with Crippen LogP contribution in [0.4, 0.5) is 10.1 Å². The summed E-state index contributed by atoms with van der Waals surface area (Å²) in [5.41, 5.74) is 5.47. The number of amides is 1. The minimum Gasteiger partial charge on any atom is -0.389 e. The van der Waals surface area contributed by atoms with Gasteiger partial charge in [-0.15, -0.1) is 0 Å². The number of anilines is 2. The van der Waals surface area contributed by atoms with Gasteiger partial charge in [0.05, 0.1) is 12.7 Å². The lowest BCUT2D eigenvalue weighted by atomic mass is 10.5. The van der Waals surface area contributed by atoms with E-state index in [1.165, 1.54) is 16.2 Å². The molecule has 1 aromatic heterocycles. The van der Waals surface area contributed by atoms with E-state index in [1.54, 1.807) is 20.3 Å². The first-order chi connectivity index (χ1) is 6.09. The van der Waals surface area contributed by atoms with Crippen LogP contribution < -0.4 is 11.1 Å². The molecular weight excluding hydrogens is 188 g/mol. The molecule has 0 saturated carbocycles. The highest BCUT2D eigenvalue weighted by atomic mass is 32.1. The minimum atomic E-state index is 0.00812. The molecule has 72 valence electrons. The molecule has 0 radical (unpaired) electrons. The number of nitrogens with two attached hydrogens (primary N) is 1. The second-order valence-corrected chi connectivity index (χ2v) is 3.77. The summed E-state index contributed by atoms with van der Waals surface area (Å²) in [6, 6.07) is 0. The Bertz CT molecular complexity index is 296. The third kappa shape index (κ3) is 2.90. The first-order valence-electron chi connectivity index (χ1n) is 3.75. The van der Waals surface area contributed by atoms with E-state index in [-0.39, 0.29) is 12.5 Å². The molecule has 0 spiro atoms. The van der Waals surface area contributed by atoms with Crippen LogP contribution in [-0.4, -0.2) is 36.4 Å². The number of carbonyl (C=O) groups is 1. The maximum Gasteiger partial charge on any atom is 0.241 e. The van der Waals surface area contributed by atoms with Crippen LogP contribution in [0.5, 0.6) is 0 Å². The van der Waals surface area contributed by atoms with E-state index in [4.69, 9.17) is 5.73 Å². The number of nitrogens with zero attached hydrogens (tertiary/aromatic N) is 2. The van der Waals surface area contributed by atoms with Crippen molar-refractivity contribution in [2.45, 2.75) is 0 Å². The fraction of sp³-hybridized carbons (Fsp3) is 0.429. The Balaban J connectivity index is 2.39. The summed E-state index contributed by atoms with van der Waals surface area (Å²) in [6.07, 6.45) is 1.56. The molecular formula is C7H12N4OS. The van der Waals surface area contributed by atoms with Crippen LogP contribution >= 0.6 is 11.3 Å². The van der Waals surface area contributed by atoms with E-state index < -0.39 is 0 Å². The van der Waals surface area contributed by atoms with Gasteiger partial charge in [0.25, 0.3) is 0 Å². The van der Waals surface area contributed by atoms with E-state index in [9.17, 15) is 4.79 Å². The number of likely N-dealkylation sites (N-methyl/N-ethyl adjacent to an activating group) is 1. The maximum absolute atomic E-state index is 11.1. The van der Waals surface area contributed by atoms with Gasteiger partial charge in [-0.05, 0) is 0 Å². The predicted molar refractivity (Wildman–Crippen MR) is 53.7 cm³/mol. The summed E-state index contributed by atoms with van der Waals surface area (Å²) < 4.78 is 0. The van der Waals surface area contributed by atoms with Gasteiger partial charge in [0.2, 0.25) is 5.91 Å². The van der Waals surface area contributed by atoms with E-state index in [0.717, 1.165) is 0 Å². The molecule has 6 heteroatoms. The van der Waals surface area contributed by atoms with Gasteiger partial charge in [0, 0.05) is 14.1 Å². The predicted octanol–water partition coefficient (Wildman–Crippen LogP) is 0.225. The van der Waals surface area contributed by atoms with Gasteiger partial charge in [-0.3, -0.25) is 4.79 Å². The fourth-order valence-corrected chi connectivity index (χ4v) is 1.26. The number of rotatable bonds is 3. The highest BCUT2D eigenvalue weighted by molar-refractivity contribution is 7.19. The molecule has 5 nitrogen and oxygen atoms in total. The van der Waals surface area contributed by atoms with Crippen LogP contribution in [0, 0.1) is 0 Å². The van der Waals surface area contributed by atoms with Gasteiger partial charge >= 0.3 is 0 Å². The molecule has 0 aliphatic carbocycles. The highest BCUT2D eigenvalue weighted by Gasteiger charge is 2.04. The Kier molecular flexibility index (Phi) is 3.07. The Labute approximate surface area is 80.6 Å². The lowest BCUT2D eigenvalue weighted by Crippen LogP contribution is -2.28. The molecule has 1 amide bonds. The SMILES string of the molecule is CN(C)C(=O)CNc1ncc(N)s1. The number of carbonyl (C=O) groups excluding carboxylic acids is 1. The van der Waals surface area contributed by atoms with Crippen LogP contribution in [-0.2, 0) is 4.79 Å². The quantitative estimate of drug-likeness (QED) is 0.732. The molecule has 3 N–H and O–H groups in total. The third-order valence-corrected chi connectivity index (χ3v) is 2.20. The molecule has 0 aromatic carbocycles. The topological polar surface area (TPSA) is 71.2 Å². The van der Waals surface area contributed by atoms with Crippen molar-refractivity contribution in [2.24, 2.45) is 0 Å². The molecule has 1 heterocycles. The molecule has 13 heavy (non-hydrogen) atoms.